The fourth-order valence-electron chi connectivity index (χ4n) is 0.662. The molecule has 0 aromatic rings. The van der Waals surface area contributed by atoms with Gasteiger partial charge in [0.25, 0.3) is 0 Å². The van der Waals surface area contributed by atoms with Crippen molar-refractivity contribution in [3.8, 4) is 0 Å². The van der Waals surface area contributed by atoms with Crippen LogP contribution in [0.2, 0.25) is 0 Å². The Morgan fingerprint density at radius 3 is 2.42 bits per heavy atom. The Bertz CT molecular complexity index is 204. The van der Waals surface area contributed by atoms with E-state index in [-0.39, 0.29) is 4.66 Å². The third kappa shape index (κ3) is 7.02. The lowest BCUT2D eigenvalue weighted by molar-refractivity contribution is 0.400. The van der Waals surface area contributed by atoms with Gasteiger partial charge in [-0.1, -0.05) is 15.9 Å². The molecule has 0 radical (unpaired) electrons. The minimum Gasteiger partial charge on any atom is -0.309 e. The number of halogens is 1. The molecule has 0 aromatic heterocycles. The summed E-state index contributed by atoms with van der Waals surface area (Å²) < 4.78 is 24.2. The number of rotatable bonds is 6. The molecule has 4 nitrogen and oxygen atoms in total. The third-order valence-electron chi connectivity index (χ3n) is 1.25. The maximum absolute atomic E-state index is 10.9. The van der Waals surface area contributed by atoms with Crippen molar-refractivity contribution in [3.63, 3.8) is 0 Å². The first-order valence-electron chi connectivity index (χ1n) is 3.66. The van der Waals surface area contributed by atoms with Crippen LogP contribution in [-0.2, 0) is 10.0 Å². The van der Waals surface area contributed by atoms with Gasteiger partial charge < -0.3 is 4.90 Å². The number of nitrogens with zero attached hydrogens (tertiary/aromatic N) is 1. The number of sulfonamides is 1. The molecule has 0 aliphatic heterocycles. The number of alkyl halides is 1. The Morgan fingerprint density at radius 2 is 2.00 bits per heavy atom. The fraction of sp³-hybridized carbons (Fsp3) is 1.00. The van der Waals surface area contributed by atoms with Crippen molar-refractivity contribution in [2.75, 3.05) is 31.8 Å². The van der Waals surface area contributed by atoms with Crippen LogP contribution in [0.25, 0.3) is 0 Å². The second kappa shape index (κ2) is 5.90. The maximum Gasteiger partial charge on any atom is 0.221 e. The molecule has 0 aliphatic carbocycles. The van der Waals surface area contributed by atoms with Gasteiger partial charge in [0.05, 0.1) is 0 Å². The molecule has 1 N–H and O–H groups in total. The van der Waals surface area contributed by atoms with Crippen molar-refractivity contribution < 1.29 is 8.42 Å². The molecular formula is C6H15BrN2O2S. The highest BCUT2D eigenvalue weighted by atomic mass is 79.9. The van der Waals surface area contributed by atoms with E-state index in [1.54, 1.807) is 0 Å². The van der Waals surface area contributed by atoms with E-state index in [1.807, 2.05) is 19.0 Å². The molecule has 0 saturated heterocycles. The van der Waals surface area contributed by atoms with Crippen molar-refractivity contribution in [1.29, 1.82) is 0 Å². The van der Waals surface area contributed by atoms with Crippen LogP contribution in [0.1, 0.15) is 6.42 Å². The summed E-state index contributed by atoms with van der Waals surface area (Å²) in [6, 6.07) is 0. The SMILES string of the molecule is CN(C)CCCNS(=O)(=O)CBr. The lowest BCUT2D eigenvalue weighted by Crippen LogP contribution is -2.27. The molecule has 0 spiro atoms. The van der Waals surface area contributed by atoms with Gasteiger partial charge in [0.2, 0.25) is 10.0 Å². The van der Waals surface area contributed by atoms with Crippen LogP contribution in [0, 0.1) is 0 Å². The molecule has 0 amide bonds. The number of nitrogens with one attached hydrogen (secondary N) is 1. The molecule has 0 aromatic carbocycles. The van der Waals surface area contributed by atoms with Gasteiger partial charge in [-0.25, -0.2) is 13.1 Å². The first-order valence-corrected chi connectivity index (χ1v) is 6.43. The Hall–Kier alpha value is 0.350. The van der Waals surface area contributed by atoms with E-state index in [2.05, 4.69) is 20.7 Å². The number of hydrogen-bond acceptors (Lipinski definition) is 3. The van der Waals surface area contributed by atoms with E-state index in [0.29, 0.717) is 6.54 Å². The Balaban J connectivity index is 3.45. The second-order valence-electron chi connectivity index (χ2n) is 2.78. The van der Waals surface area contributed by atoms with Gasteiger partial charge in [-0.2, -0.15) is 0 Å². The third-order valence-corrected chi connectivity index (χ3v) is 3.99. The summed E-state index contributed by atoms with van der Waals surface area (Å²) in [5, 5.41) is 0. The van der Waals surface area contributed by atoms with E-state index in [4.69, 9.17) is 0 Å². The molecule has 0 rings (SSSR count). The monoisotopic (exact) mass is 258 g/mol. The molecule has 74 valence electrons. The highest BCUT2D eigenvalue weighted by molar-refractivity contribution is 9.10. The summed E-state index contributed by atoms with van der Waals surface area (Å²) in [7, 11) is 0.845. The molecule has 12 heavy (non-hydrogen) atoms. The molecule has 0 aliphatic rings. The smallest absolute Gasteiger partial charge is 0.221 e. The first kappa shape index (κ1) is 12.3. The van der Waals surface area contributed by atoms with Gasteiger partial charge in [0.1, 0.15) is 4.66 Å². The standard InChI is InChI=1S/C6H15BrN2O2S/c1-9(2)5-3-4-8-12(10,11)6-7/h8H,3-6H2,1-2H3. The predicted molar refractivity (Wildman–Crippen MR) is 53.9 cm³/mol. The quantitative estimate of drug-likeness (QED) is 0.548. The summed E-state index contributed by atoms with van der Waals surface area (Å²) in [5.74, 6) is 0. The van der Waals surface area contributed by atoms with Crippen LogP contribution in [0.5, 0.6) is 0 Å². The van der Waals surface area contributed by atoms with E-state index in [9.17, 15) is 8.42 Å². The van der Waals surface area contributed by atoms with E-state index in [0.717, 1.165) is 13.0 Å². The summed E-state index contributed by atoms with van der Waals surface area (Å²) in [4.78, 5) is 2.02. The minimum atomic E-state index is -3.07. The van der Waals surface area contributed by atoms with Gasteiger partial charge in [0, 0.05) is 6.54 Å². The Morgan fingerprint density at radius 1 is 1.42 bits per heavy atom. The molecule has 0 saturated carbocycles. The van der Waals surface area contributed by atoms with Crippen molar-refractivity contribution in [1.82, 2.24) is 9.62 Å². The summed E-state index contributed by atoms with van der Waals surface area (Å²) in [6.07, 6.45) is 0.833. The first-order chi connectivity index (χ1) is 5.48. The highest BCUT2D eigenvalue weighted by Gasteiger charge is 2.05. The molecule has 0 bridgehead atoms. The zero-order valence-corrected chi connectivity index (χ0v) is 9.78. The van der Waals surface area contributed by atoms with Gasteiger partial charge >= 0.3 is 0 Å². The second-order valence-corrected chi connectivity index (χ2v) is 5.88. The average Bonchev–Trinajstić information content (AvgIpc) is 1.98. The molecule has 0 atom stereocenters. The molecule has 0 heterocycles. The van der Waals surface area contributed by atoms with Gasteiger partial charge in [0.15, 0.2) is 0 Å². The van der Waals surface area contributed by atoms with Crippen molar-refractivity contribution in [2.24, 2.45) is 0 Å². The normalized spacial score (nSPS) is 12.3. The minimum absolute atomic E-state index is 0.0258. The molecular weight excluding hydrogens is 244 g/mol. The van der Waals surface area contributed by atoms with E-state index in [1.165, 1.54) is 0 Å². The van der Waals surface area contributed by atoms with Gasteiger partial charge in [-0.15, -0.1) is 0 Å². The lowest BCUT2D eigenvalue weighted by Gasteiger charge is -2.09. The van der Waals surface area contributed by atoms with Crippen LogP contribution in [0.4, 0.5) is 0 Å². The van der Waals surface area contributed by atoms with Crippen LogP contribution in [0.15, 0.2) is 0 Å². The summed E-state index contributed by atoms with van der Waals surface area (Å²) in [5.41, 5.74) is 0. The van der Waals surface area contributed by atoms with Crippen LogP contribution in [-0.4, -0.2) is 45.2 Å². The van der Waals surface area contributed by atoms with Crippen molar-refractivity contribution in [2.45, 2.75) is 6.42 Å². The Labute approximate surface area is 82.5 Å². The molecule has 6 heteroatoms. The topological polar surface area (TPSA) is 49.4 Å². The van der Waals surface area contributed by atoms with E-state index >= 15 is 0 Å². The predicted octanol–water partition coefficient (Wildman–Crippen LogP) is 0.210. The zero-order chi connectivity index (χ0) is 9.61. The van der Waals surface area contributed by atoms with Crippen LogP contribution in [0.3, 0.4) is 0 Å². The summed E-state index contributed by atoms with van der Waals surface area (Å²) in [6.45, 7) is 1.40. The molecule has 0 unspecified atom stereocenters. The fourth-order valence-corrected chi connectivity index (χ4v) is 1.68. The lowest BCUT2D eigenvalue weighted by atomic mass is 10.4. The van der Waals surface area contributed by atoms with Crippen LogP contribution >= 0.6 is 15.9 Å². The number of hydrogen-bond donors (Lipinski definition) is 1. The van der Waals surface area contributed by atoms with E-state index < -0.39 is 10.0 Å². The molecule has 0 fully saturated rings. The van der Waals surface area contributed by atoms with Gasteiger partial charge in [-0.05, 0) is 27.1 Å². The van der Waals surface area contributed by atoms with Gasteiger partial charge in [-0.3, -0.25) is 0 Å². The maximum atomic E-state index is 10.9. The average molecular weight is 259 g/mol. The highest BCUT2D eigenvalue weighted by Crippen LogP contribution is 1.91. The summed E-state index contributed by atoms with van der Waals surface area (Å²) >= 11 is 2.89. The largest absolute Gasteiger partial charge is 0.309 e. The van der Waals surface area contributed by atoms with Crippen molar-refractivity contribution in [3.05, 3.63) is 0 Å². The Kier molecular flexibility index (Phi) is 6.08. The van der Waals surface area contributed by atoms with Crippen molar-refractivity contribution >= 4 is 26.0 Å². The zero-order valence-electron chi connectivity index (χ0n) is 7.38. The van der Waals surface area contributed by atoms with Crippen LogP contribution < -0.4 is 4.72 Å².